The van der Waals surface area contributed by atoms with E-state index in [-0.39, 0.29) is 12.4 Å². The van der Waals surface area contributed by atoms with E-state index in [4.69, 9.17) is 14.6 Å². The van der Waals surface area contributed by atoms with Crippen LogP contribution < -0.4 is 5.32 Å². The second-order valence-electron chi connectivity index (χ2n) is 10.6. The SMILES string of the molecule is C#CC.C=C/C=C(\C=C\C(=O)O)COCCCN(C=N/C=C(\C=C)NC(O)C(OC(/C=C\Cc1cccc(F)c1)=C(C)C)=C(C)C)CC. The summed E-state index contributed by atoms with van der Waals surface area (Å²) in [4.78, 5) is 17.2. The number of ether oxygens (including phenoxy) is 2. The molecule has 3 N–H and O–H groups in total. The molecular formula is C39H52FN3O5. The van der Waals surface area contributed by atoms with Gasteiger partial charge in [-0.25, -0.2) is 14.2 Å². The van der Waals surface area contributed by atoms with Gasteiger partial charge in [0.25, 0.3) is 0 Å². The molecule has 0 saturated carbocycles. The van der Waals surface area contributed by atoms with E-state index in [0.717, 1.165) is 35.8 Å². The van der Waals surface area contributed by atoms with Crippen LogP contribution in [0.5, 0.6) is 0 Å². The minimum atomic E-state index is -1.16. The van der Waals surface area contributed by atoms with E-state index in [0.29, 0.717) is 42.4 Å². The van der Waals surface area contributed by atoms with Gasteiger partial charge in [-0.2, -0.15) is 0 Å². The smallest absolute Gasteiger partial charge is 0.328 e. The Bertz CT molecular complexity index is 1420. The molecule has 0 aliphatic heterocycles. The molecular weight excluding hydrogens is 609 g/mol. The average Bonchev–Trinajstić information content (AvgIpc) is 3.03. The molecule has 1 aromatic rings. The minimum Gasteiger partial charge on any atom is -0.478 e. The first-order valence-electron chi connectivity index (χ1n) is 15.6. The number of aliphatic hydroxyl groups excluding tert-OH is 1. The number of rotatable bonds is 21. The summed E-state index contributed by atoms with van der Waals surface area (Å²) in [5, 5.41) is 22.8. The van der Waals surface area contributed by atoms with Crippen LogP contribution in [0.25, 0.3) is 0 Å². The van der Waals surface area contributed by atoms with Gasteiger partial charge in [0.2, 0.25) is 0 Å². The molecule has 8 nitrogen and oxygen atoms in total. The Morgan fingerprint density at radius 1 is 1.19 bits per heavy atom. The van der Waals surface area contributed by atoms with Crippen LogP contribution in [0.3, 0.4) is 0 Å². The van der Waals surface area contributed by atoms with Gasteiger partial charge in [0.15, 0.2) is 12.0 Å². The van der Waals surface area contributed by atoms with E-state index in [2.05, 4.69) is 35.8 Å². The van der Waals surface area contributed by atoms with Crippen molar-refractivity contribution in [2.45, 2.75) is 60.6 Å². The highest BCUT2D eigenvalue weighted by atomic mass is 19.1. The number of allylic oxidation sites excluding steroid dienone is 7. The van der Waals surface area contributed by atoms with Crippen molar-refractivity contribution in [2.75, 3.05) is 26.3 Å². The summed E-state index contributed by atoms with van der Waals surface area (Å²) < 4.78 is 25.3. The standard InChI is InChI=1S/C36H48FN3O5.C3H4/c1-8-14-30(19-20-34(41)42)25-44-22-13-21-40(10-3)26-38-24-32(9-2)39-36(43)35(28(6)7)45-33(27(4)5)18-12-16-29-15-11-17-31(37)23-29;1-3-2/h8-9,11-12,14-15,17-20,23-24,26,36,39,43H,1-2,10,13,16,21-22,25H2,3-7H3,(H,41,42);1H,2H3/b18-12-,20-19+,30-14+,32-24+,38-26?;. The number of nitrogens with one attached hydrogen (secondary N) is 1. The zero-order valence-corrected chi connectivity index (χ0v) is 29.2. The van der Waals surface area contributed by atoms with Crippen LogP contribution in [-0.4, -0.2) is 60.0 Å². The lowest BCUT2D eigenvalue weighted by Crippen LogP contribution is -2.31. The number of halogens is 1. The van der Waals surface area contributed by atoms with E-state index in [9.17, 15) is 14.3 Å². The van der Waals surface area contributed by atoms with Crippen molar-refractivity contribution in [3.05, 3.63) is 131 Å². The molecule has 0 amide bonds. The molecule has 0 saturated heterocycles. The molecule has 0 bridgehead atoms. The van der Waals surface area contributed by atoms with E-state index in [1.807, 2.05) is 57.7 Å². The third kappa shape index (κ3) is 20.3. The maximum atomic E-state index is 13.5. The topological polar surface area (TPSA) is 104 Å². The predicted octanol–water partition coefficient (Wildman–Crippen LogP) is 7.61. The predicted molar refractivity (Wildman–Crippen MR) is 195 cm³/mol. The summed E-state index contributed by atoms with van der Waals surface area (Å²) in [6.45, 7) is 20.9. The molecule has 0 heterocycles. The van der Waals surface area contributed by atoms with Crippen LogP contribution in [0, 0.1) is 18.2 Å². The maximum Gasteiger partial charge on any atom is 0.328 e. The lowest BCUT2D eigenvalue weighted by atomic mass is 10.1. The number of aliphatic carboxylic acids is 1. The first kappa shape index (κ1) is 43.1. The third-order valence-electron chi connectivity index (χ3n) is 6.11. The maximum absolute atomic E-state index is 13.5. The Morgan fingerprint density at radius 3 is 2.46 bits per heavy atom. The summed E-state index contributed by atoms with van der Waals surface area (Å²) in [5.41, 5.74) is 3.75. The van der Waals surface area contributed by atoms with Gasteiger partial charge in [-0.3, -0.25) is 0 Å². The summed E-state index contributed by atoms with van der Waals surface area (Å²) in [6, 6.07) is 6.44. The average molecular weight is 662 g/mol. The summed E-state index contributed by atoms with van der Waals surface area (Å²) >= 11 is 0. The fourth-order valence-corrected chi connectivity index (χ4v) is 3.74. The Labute approximate surface area is 286 Å². The van der Waals surface area contributed by atoms with Crippen LogP contribution >= 0.6 is 0 Å². The molecule has 1 atom stereocenters. The van der Waals surface area contributed by atoms with Gasteiger partial charge in [0.1, 0.15) is 11.6 Å². The Hall–Kier alpha value is -4.91. The van der Waals surface area contributed by atoms with Gasteiger partial charge in [-0.1, -0.05) is 43.5 Å². The number of benzene rings is 1. The lowest BCUT2D eigenvalue weighted by Gasteiger charge is -2.21. The van der Waals surface area contributed by atoms with Gasteiger partial charge >= 0.3 is 5.97 Å². The number of nitrogens with zero attached hydrogens (tertiary/aromatic N) is 2. The Balaban J connectivity index is 0.00000707. The fourth-order valence-electron chi connectivity index (χ4n) is 3.74. The molecule has 0 spiro atoms. The van der Waals surface area contributed by atoms with Crippen molar-refractivity contribution in [1.29, 1.82) is 0 Å². The van der Waals surface area contributed by atoms with Crippen LogP contribution in [-0.2, 0) is 20.7 Å². The molecule has 48 heavy (non-hydrogen) atoms. The first-order chi connectivity index (χ1) is 22.9. The number of carbonyl (C=O) groups is 1. The monoisotopic (exact) mass is 661 g/mol. The van der Waals surface area contributed by atoms with E-state index >= 15 is 0 Å². The zero-order chi connectivity index (χ0) is 36.3. The normalized spacial score (nSPS) is 12.1. The van der Waals surface area contributed by atoms with Gasteiger partial charge < -0.3 is 29.9 Å². The van der Waals surface area contributed by atoms with Crippen LogP contribution in [0.4, 0.5) is 4.39 Å². The highest BCUT2D eigenvalue weighted by Gasteiger charge is 2.16. The van der Waals surface area contributed by atoms with Gasteiger partial charge in [-0.05, 0) is 107 Å². The largest absolute Gasteiger partial charge is 0.478 e. The molecule has 1 aromatic carbocycles. The third-order valence-corrected chi connectivity index (χ3v) is 6.11. The summed E-state index contributed by atoms with van der Waals surface area (Å²) in [7, 11) is 0. The molecule has 0 aromatic heterocycles. The number of aliphatic hydroxyl groups is 1. The van der Waals surface area contributed by atoms with Gasteiger partial charge in [0, 0.05) is 25.8 Å². The number of terminal acetylenes is 1. The van der Waals surface area contributed by atoms with Crippen molar-refractivity contribution in [2.24, 2.45) is 4.99 Å². The highest BCUT2D eigenvalue weighted by molar-refractivity contribution is 5.80. The van der Waals surface area contributed by atoms with Gasteiger partial charge in [0.05, 0.1) is 24.8 Å². The lowest BCUT2D eigenvalue weighted by molar-refractivity contribution is -0.131. The van der Waals surface area contributed by atoms with Gasteiger partial charge in [-0.15, -0.1) is 12.3 Å². The number of hydrogen-bond acceptors (Lipinski definition) is 6. The number of carboxylic acids is 1. The van der Waals surface area contributed by atoms with Crippen molar-refractivity contribution >= 4 is 12.3 Å². The van der Waals surface area contributed by atoms with E-state index < -0.39 is 12.2 Å². The molecule has 0 aliphatic carbocycles. The molecule has 0 radical (unpaired) electrons. The zero-order valence-electron chi connectivity index (χ0n) is 29.2. The molecule has 0 aliphatic rings. The van der Waals surface area contributed by atoms with E-state index in [1.54, 1.807) is 43.8 Å². The van der Waals surface area contributed by atoms with Crippen LogP contribution in [0.1, 0.15) is 53.5 Å². The molecule has 9 heteroatoms. The Morgan fingerprint density at radius 2 is 1.90 bits per heavy atom. The summed E-state index contributed by atoms with van der Waals surface area (Å²) in [5.74, 6) is 1.88. The quantitative estimate of drug-likeness (QED) is 0.0182. The van der Waals surface area contributed by atoms with E-state index in [1.165, 1.54) is 18.2 Å². The Kier molecular flexibility index (Phi) is 23.5. The number of aliphatic imine (C=N–C) groups is 1. The second kappa shape index (κ2) is 26.2. The molecule has 260 valence electrons. The molecule has 1 rings (SSSR count). The van der Waals surface area contributed by atoms with Crippen LogP contribution in [0.2, 0.25) is 0 Å². The second-order valence-corrected chi connectivity index (χ2v) is 10.6. The number of hydrogen-bond donors (Lipinski definition) is 3. The van der Waals surface area contributed by atoms with Crippen molar-refractivity contribution in [3.8, 4) is 12.3 Å². The van der Waals surface area contributed by atoms with Crippen molar-refractivity contribution in [3.63, 3.8) is 0 Å². The highest BCUT2D eigenvalue weighted by Crippen LogP contribution is 2.19. The number of carboxylic acid groups (broad SMARTS) is 1. The minimum absolute atomic E-state index is 0.277. The molecule has 1 unspecified atom stereocenters. The summed E-state index contributed by atoms with van der Waals surface area (Å²) in [6.07, 6.45) is 19.1. The van der Waals surface area contributed by atoms with Crippen molar-refractivity contribution < 1.29 is 28.9 Å². The first-order valence-corrected chi connectivity index (χ1v) is 15.6. The fraction of sp³-hybridized carbons (Fsp3) is 0.333. The molecule has 0 fully saturated rings. The van der Waals surface area contributed by atoms with Crippen molar-refractivity contribution in [1.82, 2.24) is 10.2 Å². The van der Waals surface area contributed by atoms with Crippen LogP contribution in [0.15, 0.2) is 125 Å².